The van der Waals surface area contributed by atoms with Gasteiger partial charge in [-0.05, 0) is 26.7 Å². The first kappa shape index (κ1) is 16.5. The minimum atomic E-state index is -1.06. The molecule has 0 aromatic carbocycles. The molecule has 114 valence electrons. The minimum absolute atomic E-state index is 0.0376. The van der Waals surface area contributed by atoms with E-state index >= 15 is 0 Å². The van der Waals surface area contributed by atoms with Gasteiger partial charge in [0.25, 0.3) is 5.91 Å². The molecular weight excluding hydrogens is 260 g/mol. The second-order valence-corrected chi connectivity index (χ2v) is 4.89. The number of hydroxylamine groups is 2. The molecule has 2 amide bonds. The molecule has 6 nitrogen and oxygen atoms in total. The summed E-state index contributed by atoms with van der Waals surface area (Å²) in [6.45, 7) is 8.80. The van der Waals surface area contributed by atoms with Gasteiger partial charge in [0.15, 0.2) is 5.41 Å². The molecule has 1 aliphatic rings. The highest BCUT2D eigenvalue weighted by atomic mass is 16.7. The lowest BCUT2D eigenvalue weighted by atomic mass is 9.82. The summed E-state index contributed by atoms with van der Waals surface area (Å²) in [7, 11) is 0. The average molecular weight is 284 g/mol. The van der Waals surface area contributed by atoms with Crippen molar-refractivity contribution in [3.05, 3.63) is 0 Å². The fourth-order valence-electron chi connectivity index (χ4n) is 2.47. The van der Waals surface area contributed by atoms with Gasteiger partial charge >= 0.3 is 5.97 Å². The number of hydrogen-bond acceptors (Lipinski definition) is 4. The van der Waals surface area contributed by atoms with Crippen LogP contribution in [0.3, 0.4) is 0 Å². The molecule has 1 heterocycles. The van der Waals surface area contributed by atoms with Crippen LogP contribution in [-0.2, 0) is 19.2 Å². The zero-order chi connectivity index (χ0) is 15.3. The van der Waals surface area contributed by atoms with Crippen LogP contribution in [0.15, 0.2) is 0 Å². The topological polar surface area (TPSA) is 66.9 Å². The van der Waals surface area contributed by atoms with Crippen molar-refractivity contribution in [1.29, 1.82) is 0 Å². The van der Waals surface area contributed by atoms with Gasteiger partial charge in [-0.2, -0.15) is 5.06 Å². The van der Waals surface area contributed by atoms with Crippen LogP contribution in [0.25, 0.3) is 0 Å². The fraction of sp³-hybridized carbons (Fsp3) is 0.786. The molecule has 0 aliphatic carbocycles. The predicted octanol–water partition coefficient (Wildman–Crippen LogP) is 1.35. The van der Waals surface area contributed by atoms with Crippen molar-refractivity contribution >= 4 is 17.8 Å². The summed E-state index contributed by atoms with van der Waals surface area (Å²) in [6, 6.07) is 0. The Morgan fingerprint density at radius 3 is 2.10 bits per heavy atom. The maximum atomic E-state index is 12.3. The molecule has 20 heavy (non-hydrogen) atoms. The van der Waals surface area contributed by atoms with E-state index in [2.05, 4.69) is 0 Å². The summed E-state index contributed by atoms with van der Waals surface area (Å²) in [5.41, 5.74) is -1.06. The molecule has 6 heteroatoms. The van der Waals surface area contributed by atoms with Crippen LogP contribution in [0.5, 0.6) is 0 Å². The molecule has 1 saturated heterocycles. The van der Waals surface area contributed by atoms with Crippen molar-refractivity contribution in [2.75, 3.05) is 19.6 Å². The standard InChI is InChI=1S/C14H24N2O4/c1-5-14(6-2)12(18)16(20-13(14)19)10-9-11(17)15(7-3)8-4/h5-10H2,1-4H3. The first-order valence-corrected chi connectivity index (χ1v) is 7.28. The molecule has 0 spiro atoms. The number of hydrogen-bond donors (Lipinski definition) is 0. The minimum Gasteiger partial charge on any atom is -0.343 e. The normalized spacial score (nSPS) is 17.3. The Morgan fingerprint density at radius 1 is 1.15 bits per heavy atom. The highest BCUT2D eigenvalue weighted by molar-refractivity contribution is 6.06. The van der Waals surface area contributed by atoms with Crippen molar-refractivity contribution in [3.63, 3.8) is 0 Å². The Hall–Kier alpha value is -1.59. The first-order chi connectivity index (χ1) is 9.46. The molecule has 0 N–H and O–H groups in total. The van der Waals surface area contributed by atoms with Crippen molar-refractivity contribution in [2.24, 2.45) is 5.41 Å². The fourth-order valence-corrected chi connectivity index (χ4v) is 2.47. The first-order valence-electron chi connectivity index (χ1n) is 7.28. The molecule has 1 rings (SSSR count). The molecule has 1 fully saturated rings. The molecule has 0 unspecified atom stereocenters. The van der Waals surface area contributed by atoms with Gasteiger partial charge in [0, 0.05) is 19.5 Å². The van der Waals surface area contributed by atoms with Crippen LogP contribution in [-0.4, -0.2) is 47.4 Å². The largest absolute Gasteiger partial charge is 0.348 e. The highest BCUT2D eigenvalue weighted by Crippen LogP contribution is 2.36. The third-order valence-corrected chi connectivity index (χ3v) is 4.07. The van der Waals surface area contributed by atoms with Crippen molar-refractivity contribution < 1.29 is 19.2 Å². The van der Waals surface area contributed by atoms with Gasteiger partial charge in [0.05, 0.1) is 6.54 Å². The average Bonchev–Trinajstić information content (AvgIpc) is 2.69. The molecule has 0 aromatic heterocycles. The lowest BCUT2D eigenvalue weighted by molar-refractivity contribution is -0.179. The number of amides is 2. The molecule has 1 aliphatic heterocycles. The Bertz CT molecular complexity index is 387. The van der Waals surface area contributed by atoms with Crippen LogP contribution < -0.4 is 0 Å². The monoisotopic (exact) mass is 284 g/mol. The summed E-state index contributed by atoms with van der Waals surface area (Å²) in [6.07, 6.45) is 1.01. The van der Waals surface area contributed by atoms with E-state index in [1.165, 1.54) is 0 Å². The Labute approximate surface area is 120 Å². The number of nitrogens with zero attached hydrogens (tertiary/aromatic N) is 2. The third kappa shape index (κ3) is 2.78. The molecular formula is C14H24N2O4. The number of carbonyl (C=O) groups excluding carboxylic acids is 3. The Kier molecular flexibility index (Phi) is 5.53. The van der Waals surface area contributed by atoms with E-state index in [4.69, 9.17) is 4.84 Å². The van der Waals surface area contributed by atoms with Gasteiger partial charge in [-0.25, -0.2) is 4.79 Å². The summed E-state index contributed by atoms with van der Waals surface area (Å²) in [4.78, 5) is 42.8. The Balaban J connectivity index is 2.65. The quantitative estimate of drug-likeness (QED) is 0.662. The van der Waals surface area contributed by atoms with E-state index in [1.807, 2.05) is 13.8 Å². The smallest absolute Gasteiger partial charge is 0.343 e. The molecule has 0 atom stereocenters. The maximum Gasteiger partial charge on any atom is 0.348 e. The van der Waals surface area contributed by atoms with E-state index in [9.17, 15) is 14.4 Å². The van der Waals surface area contributed by atoms with E-state index in [-0.39, 0.29) is 24.8 Å². The van der Waals surface area contributed by atoms with Crippen LogP contribution in [0.2, 0.25) is 0 Å². The van der Waals surface area contributed by atoms with Gasteiger partial charge in [0.2, 0.25) is 5.91 Å². The number of carbonyl (C=O) groups is 3. The van der Waals surface area contributed by atoms with Crippen molar-refractivity contribution in [2.45, 2.75) is 47.0 Å². The number of rotatable bonds is 7. The van der Waals surface area contributed by atoms with E-state index in [0.29, 0.717) is 25.9 Å². The molecule has 0 radical (unpaired) electrons. The van der Waals surface area contributed by atoms with Crippen LogP contribution in [0, 0.1) is 5.41 Å². The van der Waals surface area contributed by atoms with E-state index < -0.39 is 11.4 Å². The van der Waals surface area contributed by atoms with Crippen LogP contribution in [0.1, 0.15) is 47.0 Å². The SMILES string of the molecule is CCN(CC)C(=O)CCN1OC(=O)C(CC)(CC)C1=O. The lowest BCUT2D eigenvalue weighted by Crippen LogP contribution is -2.38. The van der Waals surface area contributed by atoms with Gasteiger partial charge in [0.1, 0.15) is 0 Å². The summed E-state index contributed by atoms with van der Waals surface area (Å²) >= 11 is 0. The zero-order valence-electron chi connectivity index (χ0n) is 12.8. The van der Waals surface area contributed by atoms with Gasteiger partial charge in [-0.3, -0.25) is 9.59 Å². The second kappa shape index (κ2) is 6.72. The van der Waals surface area contributed by atoms with Crippen LogP contribution >= 0.6 is 0 Å². The second-order valence-electron chi connectivity index (χ2n) is 4.89. The van der Waals surface area contributed by atoms with Gasteiger partial charge in [-0.15, -0.1) is 0 Å². The Morgan fingerprint density at radius 2 is 1.70 bits per heavy atom. The molecule has 0 saturated carbocycles. The predicted molar refractivity (Wildman–Crippen MR) is 73.4 cm³/mol. The van der Waals surface area contributed by atoms with Gasteiger partial charge in [-0.1, -0.05) is 13.8 Å². The van der Waals surface area contributed by atoms with E-state index in [1.54, 1.807) is 18.7 Å². The summed E-state index contributed by atoms with van der Waals surface area (Å²) in [5.74, 6) is -0.855. The molecule has 0 aromatic rings. The highest BCUT2D eigenvalue weighted by Gasteiger charge is 2.54. The van der Waals surface area contributed by atoms with Gasteiger partial charge < -0.3 is 9.74 Å². The zero-order valence-corrected chi connectivity index (χ0v) is 12.8. The maximum absolute atomic E-state index is 12.3. The lowest BCUT2D eigenvalue weighted by Gasteiger charge is -2.21. The van der Waals surface area contributed by atoms with Crippen molar-refractivity contribution in [3.8, 4) is 0 Å². The van der Waals surface area contributed by atoms with Crippen LogP contribution in [0.4, 0.5) is 0 Å². The third-order valence-electron chi connectivity index (χ3n) is 4.07. The summed E-state index contributed by atoms with van der Waals surface area (Å²) < 4.78 is 0. The summed E-state index contributed by atoms with van der Waals surface area (Å²) in [5, 5.41) is 1.05. The van der Waals surface area contributed by atoms with Crippen molar-refractivity contribution in [1.82, 2.24) is 9.96 Å². The molecule has 0 bridgehead atoms. The van der Waals surface area contributed by atoms with E-state index in [0.717, 1.165) is 5.06 Å².